The number of phenols is 1. The minimum absolute atomic E-state index is 0.115. The van der Waals surface area contributed by atoms with Gasteiger partial charge in [0, 0.05) is 0 Å². The average molecular weight is 283 g/mol. The van der Waals surface area contributed by atoms with Gasteiger partial charge in [0.2, 0.25) is 0 Å². The van der Waals surface area contributed by atoms with Crippen LogP contribution in [0, 0.1) is 6.92 Å². The summed E-state index contributed by atoms with van der Waals surface area (Å²) in [5, 5.41) is 9.36. The fourth-order valence-corrected chi connectivity index (χ4v) is 1.20. The van der Waals surface area contributed by atoms with E-state index >= 15 is 0 Å². The molecular formula is C11H16Cl2OTi. The Hall–Kier alpha value is 0.314. The van der Waals surface area contributed by atoms with E-state index in [2.05, 4.69) is 26.8 Å². The Balaban J connectivity index is 0.000000583. The van der Waals surface area contributed by atoms with Crippen molar-refractivity contribution >= 4 is 18.6 Å². The van der Waals surface area contributed by atoms with E-state index < -0.39 is 17.0 Å². The molecule has 0 aliphatic heterocycles. The molecule has 4 heteroatoms. The van der Waals surface area contributed by atoms with E-state index in [1.807, 2.05) is 13.0 Å². The first kappa shape index (κ1) is 15.3. The van der Waals surface area contributed by atoms with Crippen molar-refractivity contribution in [2.75, 3.05) is 0 Å². The fourth-order valence-electron chi connectivity index (χ4n) is 1.20. The molecule has 0 fully saturated rings. The summed E-state index contributed by atoms with van der Waals surface area (Å²) in [5.41, 5.74) is 2.41. The van der Waals surface area contributed by atoms with Gasteiger partial charge >= 0.3 is 35.6 Å². The van der Waals surface area contributed by atoms with Crippen molar-refractivity contribution in [1.82, 2.24) is 0 Å². The number of rotatable bonds is 0. The number of aryl methyl sites for hydroxylation is 1. The van der Waals surface area contributed by atoms with Crippen LogP contribution in [0.2, 0.25) is 0 Å². The molecule has 0 amide bonds. The van der Waals surface area contributed by atoms with Crippen LogP contribution in [0.5, 0.6) is 5.75 Å². The van der Waals surface area contributed by atoms with Crippen LogP contribution in [0.3, 0.4) is 0 Å². The van der Waals surface area contributed by atoms with Crippen molar-refractivity contribution in [2.24, 2.45) is 0 Å². The second-order valence-corrected chi connectivity index (χ2v) is 6.96. The molecule has 0 heterocycles. The van der Waals surface area contributed by atoms with E-state index in [4.69, 9.17) is 18.6 Å². The van der Waals surface area contributed by atoms with E-state index in [-0.39, 0.29) is 5.41 Å². The van der Waals surface area contributed by atoms with Crippen molar-refractivity contribution in [2.45, 2.75) is 33.1 Å². The Kier molecular flexibility index (Phi) is 6.94. The Bertz CT molecular complexity index is 288. The van der Waals surface area contributed by atoms with Crippen molar-refractivity contribution < 1.29 is 22.1 Å². The number of hydrogen-bond acceptors (Lipinski definition) is 1. The summed E-state index contributed by atoms with van der Waals surface area (Å²) in [5.74, 6) is 0.361. The van der Waals surface area contributed by atoms with Crippen LogP contribution in [0.1, 0.15) is 31.9 Å². The number of halogens is 2. The van der Waals surface area contributed by atoms with Gasteiger partial charge < -0.3 is 5.11 Å². The standard InChI is InChI=1S/C11H16O.2ClH.Ti/c1-8-5-9(11(2,3)4)7-10(12)6-8;;;/h5-7,12H,1-4H3;2*1H;/q;;;+2/p-2. The normalized spacial score (nSPS) is 10.3. The predicted molar refractivity (Wildman–Crippen MR) is 63.2 cm³/mol. The summed E-state index contributed by atoms with van der Waals surface area (Å²) in [6.07, 6.45) is 0. The third kappa shape index (κ3) is 6.47. The fraction of sp³-hybridized carbons (Fsp3) is 0.455. The molecule has 1 nitrogen and oxygen atoms in total. The average Bonchev–Trinajstić information content (AvgIpc) is 2.01. The van der Waals surface area contributed by atoms with E-state index in [9.17, 15) is 5.11 Å². The van der Waals surface area contributed by atoms with Gasteiger partial charge in [-0.05, 0) is 35.6 Å². The molecular weight excluding hydrogens is 267 g/mol. The third-order valence-corrected chi connectivity index (χ3v) is 1.93. The first-order valence-corrected chi connectivity index (χ1v) is 8.88. The van der Waals surface area contributed by atoms with E-state index in [0.717, 1.165) is 5.56 Å². The van der Waals surface area contributed by atoms with Crippen molar-refractivity contribution in [3.8, 4) is 5.75 Å². The molecule has 0 spiro atoms. The number of benzene rings is 1. The molecule has 1 aromatic rings. The van der Waals surface area contributed by atoms with Crippen LogP contribution in [-0.4, -0.2) is 5.11 Å². The van der Waals surface area contributed by atoms with Gasteiger partial charge in [0.25, 0.3) is 0 Å². The molecule has 1 rings (SSSR count). The van der Waals surface area contributed by atoms with Gasteiger partial charge in [-0.15, -0.1) is 0 Å². The van der Waals surface area contributed by atoms with Gasteiger partial charge in [0.05, 0.1) is 0 Å². The SMILES string of the molecule is Cc1cc(O)cc(C(C)(C)C)c1.[Cl][Ti][Cl]. The summed E-state index contributed by atoms with van der Waals surface area (Å²) in [6, 6.07) is 5.71. The quantitative estimate of drug-likeness (QED) is 0.701. The van der Waals surface area contributed by atoms with Gasteiger partial charge in [-0.25, -0.2) is 0 Å². The zero-order valence-electron chi connectivity index (χ0n) is 9.44. The zero-order chi connectivity index (χ0) is 12.1. The summed E-state index contributed by atoms with van der Waals surface area (Å²) in [6.45, 7) is 8.42. The number of hydrogen-bond donors (Lipinski definition) is 1. The number of phenolic OH excluding ortho intramolecular Hbond substituents is 1. The van der Waals surface area contributed by atoms with E-state index in [1.54, 1.807) is 6.07 Å². The Labute approximate surface area is 108 Å². The Morgan fingerprint density at radius 3 is 1.93 bits per heavy atom. The van der Waals surface area contributed by atoms with Gasteiger partial charge in [0.1, 0.15) is 5.75 Å². The van der Waals surface area contributed by atoms with Gasteiger partial charge in [-0.3, -0.25) is 0 Å². The molecule has 84 valence electrons. The van der Waals surface area contributed by atoms with E-state index in [0.29, 0.717) is 5.75 Å². The predicted octanol–water partition coefficient (Wildman–Crippen LogP) is 4.37. The minimum atomic E-state index is -0.556. The van der Waals surface area contributed by atoms with Crippen molar-refractivity contribution in [3.05, 3.63) is 29.3 Å². The van der Waals surface area contributed by atoms with Crippen LogP contribution in [-0.2, 0) is 22.4 Å². The molecule has 0 bridgehead atoms. The molecule has 1 aromatic carbocycles. The first-order chi connectivity index (χ1) is 6.81. The van der Waals surface area contributed by atoms with Gasteiger partial charge in [0.15, 0.2) is 0 Å². The summed E-state index contributed by atoms with van der Waals surface area (Å²) < 4.78 is 0. The Morgan fingerprint density at radius 2 is 1.60 bits per heavy atom. The summed E-state index contributed by atoms with van der Waals surface area (Å²) in [4.78, 5) is 0. The summed E-state index contributed by atoms with van der Waals surface area (Å²) in [7, 11) is 9.78. The molecule has 0 saturated heterocycles. The molecule has 0 unspecified atom stereocenters. The first-order valence-electron chi connectivity index (χ1n) is 4.58. The van der Waals surface area contributed by atoms with Crippen molar-refractivity contribution in [3.63, 3.8) is 0 Å². The molecule has 1 N–H and O–H groups in total. The maximum absolute atomic E-state index is 9.36. The van der Waals surface area contributed by atoms with Crippen LogP contribution in [0.4, 0.5) is 0 Å². The van der Waals surface area contributed by atoms with Crippen LogP contribution >= 0.6 is 18.6 Å². The molecule has 0 saturated carbocycles. The molecule has 15 heavy (non-hydrogen) atoms. The molecule has 0 aromatic heterocycles. The second kappa shape index (κ2) is 6.80. The van der Waals surface area contributed by atoms with E-state index in [1.165, 1.54) is 5.56 Å². The van der Waals surface area contributed by atoms with Crippen LogP contribution < -0.4 is 0 Å². The second-order valence-electron chi connectivity index (χ2n) is 4.38. The number of aromatic hydroxyl groups is 1. The molecule has 0 atom stereocenters. The molecule has 0 radical (unpaired) electrons. The Morgan fingerprint density at radius 1 is 1.13 bits per heavy atom. The van der Waals surface area contributed by atoms with Gasteiger partial charge in [-0.2, -0.15) is 0 Å². The topological polar surface area (TPSA) is 20.2 Å². The molecule has 0 aliphatic rings. The zero-order valence-corrected chi connectivity index (χ0v) is 12.5. The van der Waals surface area contributed by atoms with Crippen LogP contribution in [0.15, 0.2) is 18.2 Å². The maximum atomic E-state index is 9.36. The molecule has 0 aliphatic carbocycles. The van der Waals surface area contributed by atoms with Crippen molar-refractivity contribution in [1.29, 1.82) is 0 Å². The van der Waals surface area contributed by atoms with Gasteiger partial charge in [-0.1, -0.05) is 26.8 Å². The monoisotopic (exact) mass is 282 g/mol. The van der Waals surface area contributed by atoms with Crippen LogP contribution in [0.25, 0.3) is 0 Å². The third-order valence-electron chi connectivity index (χ3n) is 1.93. The summed E-state index contributed by atoms with van der Waals surface area (Å²) >= 11 is -0.556.